The number of carbonyl (C=O) groups excluding carboxylic acids is 1. The summed E-state index contributed by atoms with van der Waals surface area (Å²) in [5.74, 6) is -0.247. The minimum absolute atomic E-state index is 0.0116. The third-order valence-corrected chi connectivity index (χ3v) is 4.25. The molecule has 0 bridgehead atoms. The van der Waals surface area contributed by atoms with Crippen LogP contribution in [0.25, 0.3) is 0 Å². The predicted molar refractivity (Wildman–Crippen MR) is 94.8 cm³/mol. The molecule has 0 aliphatic carbocycles. The van der Waals surface area contributed by atoms with Crippen molar-refractivity contribution in [2.45, 2.75) is 38.6 Å². The first-order chi connectivity index (χ1) is 11.0. The van der Waals surface area contributed by atoms with Gasteiger partial charge in [0, 0.05) is 16.9 Å². The predicted octanol–water partition coefficient (Wildman–Crippen LogP) is 4.66. The molecule has 122 valence electrons. The van der Waals surface area contributed by atoms with Crippen LogP contribution in [0, 0.1) is 5.82 Å². The fourth-order valence-electron chi connectivity index (χ4n) is 2.40. The van der Waals surface area contributed by atoms with Crippen LogP contribution in [0.4, 0.5) is 4.39 Å². The van der Waals surface area contributed by atoms with Crippen LogP contribution in [0.5, 0.6) is 0 Å². The van der Waals surface area contributed by atoms with Gasteiger partial charge in [0.1, 0.15) is 5.82 Å². The van der Waals surface area contributed by atoms with E-state index in [4.69, 9.17) is 0 Å². The van der Waals surface area contributed by atoms with Crippen molar-refractivity contribution in [3.63, 3.8) is 0 Å². The monoisotopic (exact) mass is 377 g/mol. The largest absolute Gasteiger partial charge is 0.354 e. The van der Waals surface area contributed by atoms with Crippen LogP contribution >= 0.6 is 15.9 Å². The summed E-state index contributed by atoms with van der Waals surface area (Å²) in [6.45, 7) is 2.01. The number of amides is 1. The molecule has 0 saturated heterocycles. The summed E-state index contributed by atoms with van der Waals surface area (Å²) < 4.78 is 14.2. The van der Waals surface area contributed by atoms with E-state index in [1.165, 1.54) is 17.7 Å². The number of halogens is 2. The lowest BCUT2D eigenvalue weighted by atomic mass is 10.1. The van der Waals surface area contributed by atoms with E-state index in [1.54, 1.807) is 6.07 Å². The second kappa shape index (κ2) is 8.82. The molecule has 2 rings (SSSR count). The number of hydrogen-bond acceptors (Lipinski definition) is 1. The Morgan fingerprint density at radius 2 is 1.87 bits per heavy atom. The van der Waals surface area contributed by atoms with Gasteiger partial charge in [-0.05, 0) is 61.6 Å². The third kappa shape index (κ3) is 6.53. The Morgan fingerprint density at radius 1 is 1.13 bits per heavy atom. The van der Waals surface area contributed by atoms with Gasteiger partial charge in [0.15, 0.2) is 0 Å². The van der Waals surface area contributed by atoms with Crippen LogP contribution in [-0.4, -0.2) is 11.9 Å². The molecule has 2 nitrogen and oxygen atoms in total. The summed E-state index contributed by atoms with van der Waals surface area (Å²) in [6.07, 6.45) is 2.76. The van der Waals surface area contributed by atoms with Crippen molar-refractivity contribution in [2.75, 3.05) is 0 Å². The number of aryl methyl sites for hydroxylation is 2. The van der Waals surface area contributed by atoms with Gasteiger partial charge in [0.2, 0.25) is 5.91 Å². The van der Waals surface area contributed by atoms with Crippen molar-refractivity contribution >= 4 is 21.8 Å². The minimum atomic E-state index is -0.259. The molecule has 2 aromatic rings. The standard InChI is InChI=1S/C19H21BrFNO/c1-14(5-6-15-7-10-17(20)11-8-15)22-19(23)12-9-16-3-2-4-18(21)13-16/h2-4,7-8,10-11,13-14H,5-6,9,12H2,1H3,(H,22,23). The summed E-state index contributed by atoms with van der Waals surface area (Å²) in [4.78, 5) is 12.0. The molecule has 0 spiro atoms. The topological polar surface area (TPSA) is 29.1 Å². The zero-order valence-electron chi connectivity index (χ0n) is 13.2. The van der Waals surface area contributed by atoms with Crippen molar-refractivity contribution in [1.82, 2.24) is 5.32 Å². The molecule has 1 atom stereocenters. The van der Waals surface area contributed by atoms with Crippen molar-refractivity contribution in [1.29, 1.82) is 0 Å². The Hall–Kier alpha value is -1.68. The van der Waals surface area contributed by atoms with Gasteiger partial charge in [-0.1, -0.05) is 40.2 Å². The number of carbonyl (C=O) groups is 1. The number of rotatable bonds is 7. The smallest absolute Gasteiger partial charge is 0.220 e. The van der Waals surface area contributed by atoms with Gasteiger partial charge < -0.3 is 5.32 Å². The fraction of sp³-hybridized carbons (Fsp3) is 0.316. The second-order valence-corrected chi connectivity index (χ2v) is 6.68. The van der Waals surface area contributed by atoms with Gasteiger partial charge in [0.25, 0.3) is 0 Å². The summed E-state index contributed by atoms with van der Waals surface area (Å²) in [5, 5.41) is 3.00. The van der Waals surface area contributed by atoms with Crippen LogP contribution < -0.4 is 5.32 Å². The molecule has 4 heteroatoms. The molecule has 0 fully saturated rings. The van der Waals surface area contributed by atoms with E-state index in [-0.39, 0.29) is 17.8 Å². The number of hydrogen-bond donors (Lipinski definition) is 1. The maximum Gasteiger partial charge on any atom is 0.220 e. The fourth-order valence-corrected chi connectivity index (χ4v) is 2.67. The molecular weight excluding hydrogens is 357 g/mol. The summed E-state index contributed by atoms with van der Waals surface area (Å²) in [6, 6.07) is 14.7. The quantitative estimate of drug-likeness (QED) is 0.746. The molecule has 2 aromatic carbocycles. The summed E-state index contributed by atoms with van der Waals surface area (Å²) in [7, 11) is 0. The molecule has 0 aliphatic rings. The zero-order valence-corrected chi connectivity index (χ0v) is 14.8. The van der Waals surface area contributed by atoms with Crippen LogP contribution in [0.1, 0.15) is 30.9 Å². The maximum atomic E-state index is 13.1. The Bertz CT molecular complexity index is 642. The van der Waals surface area contributed by atoms with Crippen molar-refractivity contribution in [2.24, 2.45) is 0 Å². The highest BCUT2D eigenvalue weighted by Crippen LogP contribution is 2.12. The maximum absolute atomic E-state index is 13.1. The van der Waals surface area contributed by atoms with Gasteiger partial charge in [-0.25, -0.2) is 4.39 Å². The molecule has 1 N–H and O–H groups in total. The van der Waals surface area contributed by atoms with Crippen LogP contribution in [0.2, 0.25) is 0 Å². The van der Waals surface area contributed by atoms with E-state index in [1.807, 2.05) is 25.1 Å². The first-order valence-corrected chi connectivity index (χ1v) is 8.60. The lowest BCUT2D eigenvalue weighted by molar-refractivity contribution is -0.121. The third-order valence-electron chi connectivity index (χ3n) is 3.72. The minimum Gasteiger partial charge on any atom is -0.354 e. The zero-order chi connectivity index (χ0) is 16.7. The SMILES string of the molecule is CC(CCc1ccc(Br)cc1)NC(=O)CCc1cccc(F)c1. The van der Waals surface area contributed by atoms with Crippen LogP contribution in [0.15, 0.2) is 53.0 Å². The van der Waals surface area contributed by atoms with Crippen molar-refractivity contribution in [3.05, 3.63) is 69.9 Å². The molecule has 0 aliphatic heterocycles. The summed E-state index contributed by atoms with van der Waals surface area (Å²) in [5.41, 5.74) is 2.11. The Balaban J connectivity index is 1.70. The first kappa shape index (κ1) is 17.7. The van der Waals surface area contributed by atoms with Gasteiger partial charge in [-0.2, -0.15) is 0 Å². The molecule has 1 unspecified atom stereocenters. The van der Waals surface area contributed by atoms with E-state index in [9.17, 15) is 9.18 Å². The highest BCUT2D eigenvalue weighted by Gasteiger charge is 2.08. The Labute approximate surface area is 145 Å². The van der Waals surface area contributed by atoms with E-state index >= 15 is 0 Å². The molecule has 23 heavy (non-hydrogen) atoms. The number of nitrogens with one attached hydrogen (secondary N) is 1. The normalized spacial score (nSPS) is 12.0. The highest BCUT2D eigenvalue weighted by molar-refractivity contribution is 9.10. The molecule has 0 saturated carbocycles. The molecule has 1 amide bonds. The van der Waals surface area contributed by atoms with E-state index in [2.05, 4.69) is 33.4 Å². The van der Waals surface area contributed by atoms with Gasteiger partial charge in [-0.15, -0.1) is 0 Å². The average molecular weight is 378 g/mol. The average Bonchev–Trinajstić information content (AvgIpc) is 2.52. The summed E-state index contributed by atoms with van der Waals surface area (Å²) >= 11 is 3.42. The van der Waals surface area contributed by atoms with Crippen molar-refractivity contribution in [3.8, 4) is 0 Å². The van der Waals surface area contributed by atoms with E-state index in [0.29, 0.717) is 12.8 Å². The van der Waals surface area contributed by atoms with E-state index < -0.39 is 0 Å². The van der Waals surface area contributed by atoms with Crippen molar-refractivity contribution < 1.29 is 9.18 Å². The molecule has 0 heterocycles. The Morgan fingerprint density at radius 3 is 2.57 bits per heavy atom. The van der Waals surface area contributed by atoms with Crippen LogP contribution in [-0.2, 0) is 17.6 Å². The second-order valence-electron chi connectivity index (χ2n) is 5.76. The molecular formula is C19H21BrFNO. The van der Waals surface area contributed by atoms with Gasteiger partial charge >= 0.3 is 0 Å². The highest BCUT2D eigenvalue weighted by atomic mass is 79.9. The van der Waals surface area contributed by atoms with Crippen LogP contribution in [0.3, 0.4) is 0 Å². The lowest BCUT2D eigenvalue weighted by Crippen LogP contribution is -2.33. The molecule has 0 radical (unpaired) electrons. The van der Waals surface area contributed by atoms with E-state index in [0.717, 1.165) is 22.9 Å². The number of benzene rings is 2. The Kier molecular flexibility index (Phi) is 6.78. The van der Waals surface area contributed by atoms with Gasteiger partial charge in [-0.3, -0.25) is 4.79 Å². The van der Waals surface area contributed by atoms with Gasteiger partial charge in [0.05, 0.1) is 0 Å². The molecule has 0 aromatic heterocycles. The first-order valence-electron chi connectivity index (χ1n) is 7.81. The lowest BCUT2D eigenvalue weighted by Gasteiger charge is -2.14.